The van der Waals surface area contributed by atoms with Crippen LogP contribution in [0.1, 0.15) is 5.56 Å². The maximum absolute atomic E-state index is 10.0. The van der Waals surface area contributed by atoms with E-state index in [-0.39, 0.29) is 0 Å². The molecule has 6 aromatic rings. The van der Waals surface area contributed by atoms with Gasteiger partial charge < -0.3 is 25.1 Å². The van der Waals surface area contributed by atoms with Crippen LogP contribution in [-0.4, -0.2) is 37.1 Å². The molecule has 0 aliphatic heterocycles. The molecule has 4 aromatic carbocycles. The van der Waals surface area contributed by atoms with Gasteiger partial charge in [-0.05, 0) is 41.8 Å². The SMILES string of the molecule is CNc1ccc(CCNc2ncnc3oc(-c4ccccc4)c(-c4ccccc4)c23)cc1.COc1cccc(NC=O)c1. The van der Waals surface area contributed by atoms with Crippen LogP contribution in [0.5, 0.6) is 5.75 Å². The van der Waals surface area contributed by atoms with Crippen LogP contribution in [0.3, 0.4) is 0 Å². The second kappa shape index (κ2) is 14.3. The minimum atomic E-state index is 0.582. The van der Waals surface area contributed by atoms with Crippen LogP contribution in [-0.2, 0) is 11.2 Å². The predicted octanol–water partition coefficient (Wildman–Crippen LogP) is 7.52. The highest BCUT2D eigenvalue weighted by Gasteiger charge is 2.21. The molecule has 0 aliphatic carbocycles. The molecule has 3 N–H and O–H groups in total. The number of rotatable bonds is 10. The third-order valence-electron chi connectivity index (χ3n) is 6.83. The summed E-state index contributed by atoms with van der Waals surface area (Å²) in [5, 5.41) is 10.1. The molecule has 0 aliphatic rings. The van der Waals surface area contributed by atoms with Crippen molar-refractivity contribution in [2.24, 2.45) is 0 Å². The molecule has 0 saturated carbocycles. The summed E-state index contributed by atoms with van der Waals surface area (Å²) in [6.45, 7) is 0.755. The average molecular weight is 572 g/mol. The summed E-state index contributed by atoms with van der Waals surface area (Å²) in [5.74, 6) is 2.32. The first kappa shape index (κ1) is 28.9. The van der Waals surface area contributed by atoms with Gasteiger partial charge in [0.1, 0.15) is 23.7 Å². The molecule has 43 heavy (non-hydrogen) atoms. The zero-order chi connectivity index (χ0) is 29.9. The minimum absolute atomic E-state index is 0.582. The van der Waals surface area contributed by atoms with Crippen LogP contribution >= 0.6 is 0 Å². The third kappa shape index (κ3) is 7.18. The number of nitrogens with one attached hydrogen (secondary N) is 3. The molecule has 0 unspecified atom stereocenters. The molecule has 0 radical (unpaired) electrons. The van der Waals surface area contributed by atoms with E-state index in [9.17, 15) is 4.79 Å². The van der Waals surface area contributed by atoms with Gasteiger partial charge in [-0.1, -0.05) is 78.9 Å². The Kier molecular flexibility index (Phi) is 9.62. The van der Waals surface area contributed by atoms with Crippen molar-refractivity contribution in [1.29, 1.82) is 0 Å². The van der Waals surface area contributed by atoms with Crippen molar-refractivity contribution in [1.82, 2.24) is 9.97 Å². The van der Waals surface area contributed by atoms with Crippen molar-refractivity contribution in [2.45, 2.75) is 6.42 Å². The number of carbonyl (C=O) groups is 1. The standard InChI is InChI=1S/C27H24N4O.C8H9NO2/c1-28-22-14-12-19(13-15-22)16-17-29-26-24-23(20-8-4-2-5-9-20)25(21-10-6-3-7-11-21)32-27(24)31-18-30-26;1-11-8-4-2-3-7(5-8)9-6-10/h2-15,18,28H,16-17H2,1H3,(H,29,30,31);2-6H,1H3,(H,9,10). The van der Waals surface area contributed by atoms with Crippen molar-refractivity contribution >= 4 is 34.7 Å². The number of nitrogens with zero attached hydrogens (tertiary/aromatic N) is 2. The maximum Gasteiger partial charge on any atom is 0.232 e. The van der Waals surface area contributed by atoms with Crippen molar-refractivity contribution in [2.75, 3.05) is 36.7 Å². The number of furan rings is 1. The molecule has 216 valence electrons. The maximum atomic E-state index is 10.0. The van der Waals surface area contributed by atoms with E-state index in [0.29, 0.717) is 12.1 Å². The first-order valence-corrected chi connectivity index (χ1v) is 13.9. The van der Waals surface area contributed by atoms with Gasteiger partial charge in [0.2, 0.25) is 12.1 Å². The number of ether oxygens (including phenoxy) is 1. The van der Waals surface area contributed by atoms with E-state index < -0.39 is 0 Å². The van der Waals surface area contributed by atoms with Gasteiger partial charge in [0, 0.05) is 42.2 Å². The highest BCUT2D eigenvalue weighted by atomic mass is 16.5. The van der Waals surface area contributed by atoms with Crippen molar-refractivity contribution in [3.05, 3.63) is 121 Å². The average Bonchev–Trinajstić information content (AvgIpc) is 3.47. The lowest BCUT2D eigenvalue weighted by molar-refractivity contribution is -0.105. The molecule has 0 atom stereocenters. The second-order valence-corrected chi connectivity index (χ2v) is 9.56. The Balaban J connectivity index is 0.000000283. The number of hydrogen-bond acceptors (Lipinski definition) is 7. The lowest BCUT2D eigenvalue weighted by atomic mass is 9.99. The van der Waals surface area contributed by atoms with Gasteiger partial charge in [0.15, 0.2) is 0 Å². The first-order valence-electron chi connectivity index (χ1n) is 13.9. The Morgan fingerprint density at radius 3 is 2.21 bits per heavy atom. The van der Waals surface area contributed by atoms with Gasteiger partial charge >= 0.3 is 0 Å². The molecule has 0 spiro atoms. The molecule has 2 heterocycles. The van der Waals surface area contributed by atoms with Crippen LogP contribution in [0.2, 0.25) is 0 Å². The first-order chi connectivity index (χ1) is 21.2. The van der Waals surface area contributed by atoms with Crippen LogP contribution in [0.25, 0.3) is 33.6 Å². The van der Waals surface area contributed by atoms with Gasteiger partial charge in [-0.15, -0.1) is 0 Å². The van der Waals surface area contributed by atoms with E-state index >= 15 is 0 Å². The topological polar surface area (TPSA) is 101 Å². The van der Waals surface area contributed by atoms with E-state index in [1.165, 1.54) is 5.56 Å². The molecule has 1 amide bonds. The summed E-state index contributed by atoms with van der Waals surface area (Å²) in [6, 6.07) is 36.0. The van der Waals surface area contributed by atoms with Crippen molar-refractivity contribution < 1.29 is 13.9 Å². The van der Waals surface area contributed by atoms with Crippen LogP contribution < -0.4 is 20.7 Å². The molecule has 0 bridgehead atoms. The summed E-state index contributed by atoms with van der Waals surface area (Å²) in [5.41, 5.74) is 6.79. The van der Waals surface area contributed by atoms with Gasteiger partial charge in [0.25, 0.3) is 0 Å². The van der Waals surface area contributed by atoms with Crippen molar-refractivity contribution in [3.8, 4) is 28.2 Å². The number of hydrogen-bond donors (Lipinski definition) is 3. The number of anilines is 3. The van der Waals surface area contributed by atoms with E-state index in [1.807, 2.05) is 55.6 Å². The molecule has 6 rings (SSSR count). The number of amides is 1. The van der Waals surface area contributed by atoms with E-state index in [2.05, 4.69) is 74.4 Å². The number of benzene rings is 4. The molecule has 0 saturated heterocycles. The summed E-state index contributed by atoms with van der Waals surface area (Å²) in [6.07, 6.45) is 3.08. The van der Waals surface area contributed by atoms with Crippen LogP contribution in [0, 0.1) is 0 Å². The number of methoxy groups -OCH3 is 1. The monoisotopic (exact) mass is 571 g/mol. The molecule has 0 fully saturated rings. The largest absolute Gasteiger partial charge is 0.497 e. The van der Waals surface area contributed by atoms with Gasteiger partial charge in [0.05, 0.1) is 12.5 Å². The lowest BCUT2D eigenvalue weighted by Crippen LogP contribution is -2.07. The normalized spacial score (nSPS) is 10.4. The zero-order valence-corrected chi connectivity index (χ0v) is 24.1. The highest BCUT2D eigenvalue weighted by Crippen LogP contribution is 2.42. The molecule has 8 nitrogen and oxygen atoms in total. The zero-order valence-electron chi connectivity index (χ0n) is 24.1. The fourth-order valence-corrected chi connectivity index (χ4v) is 4.68. The fraction of sp³-hybridized carbons (Fsp3) is 0.114. The number of carbonyl (C=O) groups excluding carboxylic acids is 1. The highest BCUT2D eigenvalue weighted by molar-refractivity contribution is 6.05. The molecule has 2 aromatic heterocycles. The Bertz CT molecular complexity index is 1750. The van der Waals surface area contributed by atoms with Gasteiger partial charge in [-0.2, -0.15) is 0 Å². The quantitative estimate of drug-likeness (QED) is 0.146. The van der Waals surface area contributed by atoms with E-state index in [4.69, 9.17) is 9.15 Å². The molecular weight excluding hydrogens is 538 g/mol. The number of fused-ring (bicyclic) bond motifs is 1. The Morgan fingerprint density at radius 2 is 1.53 bits per heavy atom. The summed E-state index contributed by atoms with van der Waals surface area (Å²) in [4.78, 5) is 19.0. The summed E-state index contributed by atoms with van der Waals surface area (Å²) >= 11 is 0. The fourth-order valence-electron chi connectivity index (χ4n) is 4.68. The van der Waals surface area contributed by atoms with Gasteiger partial charge in [-0.3, -0.25) is 4.79 Å². The van der Waals surface area contributed by atoms with E-state index in [1.54, 1.807) is 25.6 Å². The lowest BCUT2D eigenvalue weighted by Gasteiger charge is -2.09. The third-order valence-corrected chi connectivity index (χ3v) is 6.83. The van der Waals surface area contributed by atoms with Crippen LogP contribution in [0.15, 0.2) is 120 Å². The van der Waals surface area contributed by atoms with Crippen LogP contribution in [0.4, 0.5) is 17.2 Å². The number of aromatic nitrogens is 2. The molecule has 8 heteroatoms. The Labute approximate surface area is 250 Å². The minimum Gasteiger partial charge on any atom is -0.497 e. The Morgan fingerprint density at radius 1 is 0.814 bits per heavy atom. The summed E-state index contributed by atoms with van der Waals surface area (Å²) in [7, 11) is 3.51. The summed E-state index contributed by atoms with van der Waals surface area (Å²) < 4.78 is 11.2. The van der Waals surface area contributed by atoms with Gasteiger partial charge in [-0.25, -0.2) is 9.97 Å². The predicted molar refractivity (Wildman–Crippen MR) is 174 cm³/mol. The molecular formula is C35H33N5O3. The Hall–Kier alpha value is -5.63. The van der Waals surface area contributed by atoms with Crippen molar-refractivity contribution in [3.63, 3.8) is 0 Å². The second-order valence-electron chi connectivity index (χ2n) is 9.56. The van der Waals surface area contributed by atoms with E-state index in [0.717, 1.165) is 63.7 Å². The smallest absolute Gasteiger partial charge is 0.232 e.